The molecule has 1 amide bonds. The average molecular weight is 376 g/mol. The van der Waals surface area contributed by atoms with Gasteiger partial charge in [0, 0.05) is 51.9 Å². The Balaban J connectivity index is 1.34. The number of hydrogen-bond donors (Lipinski definition) is 0. The van der Waals surface area contributed by atoms with Gasteiger partial charge in [-0.1, -0.05) is 18.2 Å². The van der Waals surface area contributed by atoms with Crippen molar-refractivity contribution in [2.75, 3.05) is 59.0 Å². The predicted molar refractivity (Wildman–Crippen MR) is 106 cm³/mol. The number of carbonyl (C=O) groups is 1. The van der Waals surface area contributed by atoms with Crippen LogP contribution in [0, 0.1) is 0 Å². The zero-order chi connectivity index (χ0) is 19.1. The summed E-state index contributed by atoms with van der Waals surface area (Å²) < 4.78 is 11.6. The molecule has 0 aromatic heterocycles. The lowest BCUT2D eigenvalue weighted by atomic mass is 10.1. The molecule has 6 heteroatoms. The summed E-state index contributed by atoms with van der Waals surface area (Å²) in [4.78, 5) is 19.4. The highest BCUT2D eigenvalue weighted by Gasteiger charge is 2.27. The summed E-state index contributed by atoms with van der Waals surface area (Å²) in [5, 5.41) is 0. The van der Waals surface area contributed by atoms with Gasteiger partial charge in [-0.15, -0.1) is 0 Å². The Kier molecular flexibility index (Phi) is 7.50. The van der Waals surface area contributed by atoms with Gasteiger partial charge < -0.3 is 14.4 Å². The fraction of sp³-hybridized carbons (Fsp3) is 0.667. The molecule has 1 atom stereocenters. The summed E-state index contributed by atoms with van der Waals surface area (Å²) in [7, 11) is 0. The van der Waals surface area contributed by atoms with E-state index in [1.165, 1.54) is 0 Å². The van der Waals surface area contributed by atoms with E-state index in [1.807, 2.05) is 35.2 Å². The van der Waals surface area contributed by atoms with E-state index in [-0.39, 0.29) is 12.0 Å². The van der Waals surface area contributed by atoms with E-state index in [1.54, 1.807) is 0 Å². The van der Waals surface area contributed by atoms with Gasteiger partial charge in [-0.25, -0.2) is 0 Å². The number of carbonyl (C=O) groups excluding carboxylic acids is 1. The van der Waals surface area contributed by atoms with Crippen LogP contribution in [0.1, 0.15) is 20.3 Å². The molecule has 0 spiro atoms. The molecule has 2 aliphatic rings. The first-order valence-corrected chi connectivity index (χ1v) is 10.2. The summed E-state index contributed by atoms with van der Waals surface area (Å²) >= 11 is 0. The van der Waals surface area contributed by atoms with Gasteiger partial charge in [0.2, 0.25) is 5.91 Å². The first-order chi connectivity index (χ1) is 13.1. The molecule has 0 N–H and O–H groups in total. The third-order valence-electron chi connectivity index (χ3n) is 5.45. The van der Waals surface area contributed by atoms with E-state index in [9.17, 15) is 4.79 Å². The van der Waals surface area contributed by atoms with Gasteiger partial charge in [-0.3, -0.25) is 14.6 Å². The maximum Gasteiger partial charge on any atom is 0.225 e. The van der Waals surface area contributed by atoms with Crippen LogP contribution in [0.4, 0.5) is 0 Å². The van der Waals surface area contributed by atoms with E-state index in [0.29, 0.717) is 19.1 Å². The molecule has 1 aromatic carbocycles. The largest absolute Gasteiger partial charge is 0.492 e. The molecule has 0 unspecified atom stereocenters. The van der Waals surface area contributed by atoms with Crippen LogP contribution < -0.4 is 4.74 Å². The summed E-state index contributed by atoms with van der Waals surface area (Å²) in [5.41, 5.74) is 0. The fourth-order valence-corrected chi connectivity index (χ4v) is 3.69. The van der Waals surface area contributed by atoms with Gasteiger partial charge in [0.15, 0.2) is 0 Å². The fourth-order valence-electron chi connectivity index (χ4n) is 3.69. The van der Waals surface area contributed by atoms with E-state index in [2.05, 4.69) is 23.6 Å². The summed E-state index contributed by atoms with van der Waals surface area (Å²) in [5.74, 6) is 1.14. The second-order valence-electron chi connectivity index (χ2n) is 7.67. The molecule has 2 saturated heterocycles. The number of amides is 1. The SMILES string of the molecule is CC(C)N1CCO[C@H](CC(=O)N2CCN(CCOc3ccccc3)CC2)C1. The highest BCUT2D eigenvalue weighted by molar-refractivity contribution is 5.76. The van der Waals surface area contributed by atoms with Crippen LogP contribution in [0.5, 0.6) is 5.75 Å². The Labute approximate surface area is 163 Å². The van der Waals surface area contributed by atoms with Crippen LogP contribution in [0.25, 0.3) is 0 Å². The quantitative estimate of drug-likeness (QED) is 0.726. The minimum atomic E-state index is 0.0333. The van der Waals surface area contributed by atoms with Crippen LogP contribution in [-0.4, -0.2) is 91.8 Å². The number of rotatable bonds is 7. The second-order valence-corrected chi connectivity index (χ2v) is 7.67. The Hall–Kier alpha value is -1.63. The number of morpholine rings is 1. The minimum absolute atomic E-state index is 0.0333. The summed E-state index contributed by atoms with van der Waals surface area (Å²) in [6, 6.07) is 10.4. The number of nitrogens with zero attached hydrogens (tertiary/aromatic N) is 3. The van der Waals surface area contributed by atoms with Crippen LogP contribution in [0.15, 0.2) is 30.3 Å². The van der Waals surface area contributed by atoms with E-state index in [4.69, 9.17) is 9.47 Å². The number of ether oxygens (including phenoxy) is 2. The monoisotopic (exact) mass is 375 g/mol. The molecule has 1 aromatic rings. The molecule has 2 aliphatic heterocycles. The number of piperazine rings is 1. The molecule has 27 heavy (non-hydrogen) atoms. The van der Waals surface area contributed by atoms with E-state index in [0.717, 1.165) is 58.2 Å². The molecular formula is C21H33N3O3. The van der Waals surface area contributed by atoms with Crippen LogP contribution in [-0.2, 0) is 9.53 Å². The molecule has 2 heterocycles. The molecule has 6 nitrogen and oxygen atoms in total. The zero-order valence-corrected chi connectivity index (χ0v) is 16.7. The third kappa shape index (κ3) is 6.19. The van der Waals surface area contributed by atoms with Gasteiger partial charge in [0.25, 0.3) is 0 Å². The summed E-state index contributed by atoms with van der Waals surface area (Å²) in [6.07, 6.45) is 0.534. The maximum atomic E-state index is 12.6. The van der Waals surface area contributed by atoms with Crippen molar-refractivity contribution in [2.45, 2.75) is 32.4 Å². The van der Waals surface area contributed by atoms with Crippen molar-refractivity contribution in [3.8, 4) is 5.75 Å². The maximum absolute atomic E-state index is 12.6. The Morgan fingerprint density at radius 1 is 1.15 bits per heavy atom. The Morgan fingerprint density at radius 2 is 1.89 bits per heavy atom. The van der Waals surface area contributed by atoms with E-state index >= 15 is 0 Å². The molecule has 3 rings (SSSR count). The average Bonchev–Trinajstić information content (AvgIpc) is 2.69. The van der Waals surface area contributed by atoms with E-state index < -0.39 is 0 Å². The highest BCUT2D eigenvalue weighted by Crippen LogP contribution is 2.14. The smallest absolute Gasteiger partial charge is 0.225 e. The zero-order valence-electron chi connectivity index (χ0n) is 16.7. The lowest BCUT2D eigenvalue weighted by Gasteiger charge is -2.38. The van der Waals surface area contributed by atoms with Crippen LogP contribution in [0.3, 0.4) is 0 Å². The standard InChI is InChI=1S/C21H33N3O3/c1-18(2)24-13-15-27-20(17-24)16-21(25)23-10-8-22(9-11-23)12-14-26-19-6-4-3-5-7-19/h3-7,18,20H,8-17H2,1-2H3/t20-/m1/s1. The molecule has 150 valence electrons. The Morgan fingerprint density at radius 3 is 2.59 bits per heavy atom. The van der Waals surface area contributed by atoms with Crippen LogP contribution in [0.2, 0.25) is 0 Å². The Bertz CT molecular complexity index is 573. The minimum Gasteiger partial charge on any atom is -0.492 e. The van der Waals surface area contributed by atoms with Crippen molar-refractivity contribution in [2.24, 2.45) is 0 Å². The van der Waals surface area contributed by atoms with Gasteiger partial charge in [-0.05, 0) is 26.0 Å². The number of para-hydroxylation sites is 1. The summed E-state index contributed by atoms with van der Waals surface area (Å²) in [6.45, 7) is 11.9. The molecule has 2 fully saturated rings. The molecule has 0 saturated carbocycles. The van der Waals surface area contributed by atoms with Gasteiger partial charge >= 0.3 is 0 Å². The molecular weight excluding hydrogens is 342 g/mol. The predicted octanol–water partition coefficient (Wildman–Crippen LogP) is 1.71. The van der Waals surface area contributed by atoms with Crippen LogP contribution >= 0.6 is 0 Å². The van der Waals surface area contributed by atoms with Gasteiger partial charge in [0.1, 0.15) is 12.4 Å². The van der Waals surface area contributed by atoms with Crippen molar-refractivity contribution in [3.63, 3.8) is 0 Å². The molecule has 0 radical (unpaired) electrons. The first kappa shape index (κ1) is 20.1. The molecule has 0 aliphatic carbocycles. The lowest BCUT2D eigenvalue weighted by molar-refractivity contribution is -0.138. The van der Waals surface area contributed by atoms with Crippen molar-refractivity contribution in [3.05, 3.63) is 30.3 Å². The lowest BCUT2D eigenvalue weighted by Crippen LogP contribution is -2.51. The second kappa shape index (κ2) is 10.1. The third-order valence-corrected chi connectivity index (χ3v) is 5.45. The van der Waals surface area contributed by atoms with Gasteiger partial charge in [0.05, 0.1) is 19.1 Å². The molecule has 0 bridgehead atoms. The highest BCUT2D eigenvalue weighted by atomic mass is 16.5. The van der Waals surface area contributed by atoms with Crippen molar-refractivity contribution >= 4 is 5.91 Å². The number of hydrogen-bond acceptors (Lipinski definition) is 5. The van der Waals surface area contributed by atoms with Crippen molar-refractivity contribution < 1.29 is 14.3 Å². The van der Waals surface area contributed by atoms with Crippen molar-refractivity contribution in [1.82, 2.24) is 14.7 Å². The number of benzene rings is 1. The van der Waals surface area contributed by atoms with Crippen molar-refractivity contribution in [1.29, 1.82) is 0 Å². The first-order valence-electron chi connectivity index (χ1n) is 10.2. The normalized spacial score (nSPS) is 22.2. The topological polar surface area (TPSA) is 45.2 Å². The van der Waals surface area contributed by atoms with Gasteiger partial charge in [-0.2, -0.15) is 0 Å².